The van der Waals surface area contributed by atoms with E-state index in [9.17, 15) is 4.79 Å². The number of primary amides is 1. The third kappa shape index (κ3) is 2.40. The zero-order valence-electron chi connectivity index (χ0n) is 10.5. The SMILES string of the molecule is C#Cc1cccc(-c2cc(C)c(N)c(C(N)=O)n2)c1. The molecule has 0 fully saturated rings. The number of benzene rings is 1. The number of aryl methyl sites for hydroxylation is 1. The van der Waals surface area contributed by atoms with Crippen LogP contribution in [0.25, 0.3) is 11.3 Å². The van der Waals surface area contributed by atoms with Crippen molar-refractivity contribution in [2.24, 2.45) is 5.73 Å². The zero-order chi connectivity index (χ0) is 14.0. The van der Waals surface area contributed by atoms with Gasteiger partial charge in [-0.15, -0.1) is 6.42 Å². The fourth-order valence-electron chi connectivity index (χ4n) is 1.79. The summed E-state index contributed by atoms with van der Waals surface area (Å²) >= 11 is 0. The Morgan fingerprint density at radius 3 is 2.74 bits per heavy atom. The molecule has 1 aromatic carbocycles. The van der Waals surface area contributed by atoms with Gasteiger partial charge in [0.05, 0.1) is 11.4 Å². The second-order valence-corrected chi connectivity index (χ2v) is 4.18. The number of nitrogens with zero attached hydrogens (tertiary/aromatic N) is 1. The third-order valence-electron chi connectivity index (χ3n) is 2.82. The fourth-order valence-corrected chi connectivity index (χ4v) is 1.79. The Kier molecular flexibility index (Phi) is 3.21. The number of hydrogen-bond donors (Lipinski definition) is 2. The predicted octanol–water partition coefficient (Wildman–Crippen LogP) is 1.72. The van der Waals surface area contributed by atoms with Gasteiger partial charge in [0.25, 0.3) is 5.91 Å². The van der Waals surface area contributed by atoms with Crippen molar-refractivity contribution in [3.63, 3.8) is 0 Å². The molecule has 0 aliphatic heterocycles. The first kappa shape index (κ1) is 12.7. The van der Waals surface area contributed by atoms with Crippen molar-refractivity contribution in [1.82, 2.24) is 4.98 Å². The number of rotatable bonds is 2. The topological polar surface area (TPSA) is 82.0 Å². The van der Waals surface area contributed by atoms with Gasteiger partial charge in [-0.3, -0.25) is 4.79 Å². The number of anilines is 1. The minimum atomic E-state index is -0.643. The number of nitrogens with two attached hydrogens (primary N) is 2. The summed E-state index contributed by atoms with van der Waals surface area (Å²) in [5.41, 5.74) is 14.4. The van der Waals surface area contributed by atoms with E-state index in [1.165, 1.54) is 0 Å². The summed E-state index contributed by atoms with van der Waals surface area (Å²) in [6, 6.07) is 9.15. The lowest BCUT2D eigenvalue weighted by molar-refractivity contribution is 0.0996. The number of hydrogen-bond acceptors (Lipinski definition) is 3. The average Bonchev–Trinajstić information content (AvgIpc) is 2.41. The summed E-state index contributed by atoms with van der Waals surface area (Å²) < 4.78 is 0. The van der Waals surface area contributed by atoms with E-state index in [4.69, 9.17) is 17.9 Å². The van der Waals surface area contributed by atoms with Gasteiger partial charge in [0.1, 0.15) is 0 Å². The Balaban J connectivity index is 2.63. The molecule has 94 valence electrons. The van der Waals surface area contributed by atoms with Gasteiger partial charge in [-0.1, -0.05) is 18.1 Å². The second kappa shape index (κ2) is 4.83. The molecule has 4 nitrogen and oxygen atoms in total. The molecule has 1 aromatic heterocycles. The molecule has 0 atom stereocenters. The molecule has 2 aromatic rings. The number of carbonyl (C=O) groups is 1. The van der Waals surface area contributed by atoms with Gasteiger partial charge in [0.15, 0.2) is 5.69 Å². The third-order valence-corrected chi connectivity index (χ3v) is 2.82. The van der Waals surface area contributed by atoms with Gasteiger partial charge in [-0.2, -0.15) is 0 Å². The van der Waals surface area contributed by atoms with Crippen molar-refractivity contribution in [3.05, 3.63) is 47.2 Å². The molecule has 0 aliphatic rings. The monoisotopic (exact) mass is 251 g/mol. The molecule has 0 saturated heterocycles. The van der Waals surface area contributed by atoms with Gasteiger partial charge in [0.2, 0.25) is 0 Å². The molecule has 0 aliphatic carbocycles. The molecule has 1 amide bonds. The van der Waals surface area contributed by atoms with Crippen LogP contribution in [0.15, 0.2) is 30.3 Å². The second-order valence-electron chi connectivity index (χ2n) is 4.18. The first-order chi connectivity index (χ1) is 9.02. The van der Waals surface area contributed by atoms with Crippen LogP contribution in [0, 0.1) is 19.3 Å². The quantitative estimate of drug-likeness (QED) is 0.797. The van der Waals surface area contributed by atoms with Crippen molar-refractivity contribution in [3.8, 4) is 23.6 Å². The lowest BCUT2D eigenvalue weighted by atomic mass is 10.0. The van der Waals surface area contributed by atoms with E-state index in [0.717, 1.165) is 16.7 Å². The molecule has 0 spiro atoms. The molecule has 1 heterocycles. The Labute approximate surface area is 111 Å². The first-order valence-electron chi connectivity index (χ1n) is 5.67. The van der Waals surface area contributed by atoms with E-state index in [2.05, 4.69) is 10.9 Å². The molecule has 0 unspecified atom stereocenters. The molecular weight excluding hydrogens is 238 g/mol. The molecule has 0 radical (unpaired) electrons. The molecule has 4 N–H and O–H groups in total. The van der Waals surface area contributed by atoms with Crippen molar-refractivity contribution in [2.75, 3.05) is 5.73 Å². The van der Waals surface area contributed by atoms with Crippen LogP contribution >= 0.6 is 0 Å². The number of pyridine rings is 1. The van der Waals surface area contributed by atoms with E-state index < -0.39 is 5.91 Å². The number of amides is 1. The van der Waals surface area contributed by atoms with Gasteiger partial charge >= 0.3 is 0 Å². The standard InChI is InChI=1S/C15H13N3O/c1-3-10-5-4-6-11(8-10)12-7-9(2)13(16)14(18-12)15(17)19/h1,4-8H,16H2,2H3,(H2,17,19). The summed E-state index contributed by atoms with van der Waals surface area (Å²) in [5, 5.41) is 0. The van der Waals surface area contributed by atoms with Crippen molar-refractivity contribution in [2.45, 2.75) is 6.92 Å². The molecule has 19 heavy (non-hydrogen) atoms. The van der Waals surface area contributed by atoms with E-state index in [-0.39, 0.29) is 5.69 Å². The van der Waals surface area contributed by atoms with Crippen LogP contribution in [0.4, 0.5) is 5.69 Å². The van der Waals surface area contributed by atoms with Crippen molar-refractivity contribution >= 4 is 11.6 Å². The lowest BCUT2D eigenvalue weighted by Crippen LogP contribution is -2.16. The maximum Gasteiger partial charge on any atom is 0.269 e. The molecule has 2 rings (SSSR count). The zero-order valence-corrected chi connectivity index (χ0v) is 10.5. The highest BCUT2D eigenvalue weighted by atomic mass is 16.1. The van der Waals surface area contributed by atoms with E-state index in [0.29, 0.717) is 11.4 Å². The van der Waals surface area contributed by atoms with E-state index in [1.54, 1.807) is 13.0 Å². The number of terminal acetylenes is 1. The minimum Gasteiger partial charge on any atom is -0.397 e. The highest BCUT2D eigenvalue weighted by Gasteiger charge is 2.13. The Morgan fingerprint density at radius 1 is 1.37 bits per heavy atom. The normalized spacial score (nSPS) is 9.89. The van der Waals surface area contributed by atoms with Crippen LogP contribution in [-0.4, -0.2) is 10.9 Å². The van der Waals surface area contributed by atoms with Gasteiger partial charge in [-0.05, 0) is 30.7 Å². The van der Waals surface area contributed by atoms with Crippen LogP contribution in [0.5, 0.6) is 0 Å². The number of aromatic nitrogens is 1. The largest absolute Gasteiger partial charge is 0.397 e. The van der Waals surface area contributed by atoms with Crippen LogP contribution in [-0.2, 0) is 0 Å². The van der Waals surface area contributed by atoms with Crippen molar-refractivity contribution < 1.29 is 4.79 Å². The maximum absolute atomic E-state index is 11.3. The molecule has 0 saturated carbocycles. The summed E-state index contributed by atoms with van der Waals surface area (Å²) in [4.78, 5) is 15.5. The maximum atomic E-state index is 11.3. The summed E-state index contributed by atoms with van der Waals surface area (Å²) in [6.07, 6.45) is 5.36. The van der Waals surface area contributed by atoms with Crippen LogP contribution in [0.2, 0.25) is 0 Å². The Morgan fingerprint density at radius 2 is 2.11 bits per heavy atom. The Hall–Kier alpha value is -2.80. The lowest BCUT2D eigenvalue weighted by Gasteiger charge is -2.09. The summed E-state index contributed by atoms with van der Waals surface area (Å²) in [7, 11) is 0. The van der Waals surface area contributed by atoms with Gasteiger partial charge in [-0.25, -0.2) is 4.98 Å². The van der Waals surface area contributed by atoms with E-state index >= 15 is 0 Å². The number of carbonyl (C=O) groups excluding carboxylic acids is 1. The first-order valence-corrected chi connectivity index (χ1v) is 5.67. The average molecular weight is 251 g/mol. The summed E-state index contributed by atoms with van der Waals surface area (Å²) in [6.45, 7) is 1.80. The van der Waals surface area contributed by atoms with Crippen LogP contribution < -0.4 is 11.5 Å². The minimum absolute atomic E-state index is 0.0844. The van der Waals surface area contributed by atoms with E-state index in [1.807, 2.05) is 24.3 Å². The predicted molar refractivity (Wildman–Crippen MR) is 75.3 cm³/mol. The van der Waals surface area contributed by atoms with Gasteiger partial charge in [0, 0.05) is 11.1 Å². The smallest absolute Gasteiger partial charge is 0.269 e. The highest BCUT2D eigenvalue weighted by Crippen LogP contribution is 2.24. The number of nitrogen functional groups attached to an aromatic ring is 1. The molecule has 0 bridgehead atoms. The summed E-state index contributed by atoms with van der Waals surface area (Å²) in [5.74, 6) is 1.91. The highest BCUT2D eigenvalue weighted by molar-refractivity contribution is 5.97. The Bertz CT molecular complexity index is 699. The fraction of sp³-hybridized carbons (Fsp3) is 0.0667. The van der Waals surface area contributed by atoms with Crippen LogP contribution in [0.1, 0.15) is 21.6 Å². The van der Waals surface area contributed by atoms with Gasteiger partial charge < -0.3 is 11.5 Å². The molecular formula is C15H13N3O. The van der Waals surface area contributed by atoms with Crippen molar-refractivity contribution in [1.29, 1.82) is 0 Å². The molecule has 4 heteroatoms. The van der Waals surface area contributed by atoms with Crippen LogP contribution in [0.3, 0.4) is 0 Å².